The summed E-state index contributed by atoms with van der Waals surface area (Å²) in [5.41, 5.74) is 3.56. The minimum Gasteiger partial charge on any atom is -0.450 e. The van der Waals surface area contributed by atoms with Gasteiger partial charge in [0.05, 0.1) is 6.61 Å². The van der Waals surface area contributed by atoms with E-state index >= 15 is 0 Å². The van der Waals surface area contributed by atoms with E-state index in [9.17, 15) is 9.59 Å². The van der Waals surface area contributed by atoms with E-state index in [2.05, 4.69) is 16.7 Å². The van der Waals surface area contributed by atoms with Crippen LogP contribution in [0.2, 0.25) is 0 Å². The predicted molar refractivity (Wildman–Crippen MR) is 96.9 cm³/mol. The van der Waals surface area contributed by atoms with Gasteiger partial charge in [0.2, 0.25) is 0 Å². The van der Waals surface area contributed by atoms with Crippen LogP contribution in [0.25, 0.3) is 0 Å². The van der Waals surface area contributed by atoms with Crippen molar-refractivity contribution in [2.24, 2.45) is 0 Å². The lowest BCUT2D eigenvalue weighted by atomic mass is 9.90. The average Bonchev–Trinajstić information content (AvgIpc) is 2.63. The minimum atomic E-state index is -0.263. The summed E-state index contributed by atoms with van der Waals surface area (Å²) in [5, 5.41) is 6.05. The van der Waals surface area contributed by atoms with Gasteiger partial charge in [-0.15, -0.1) is 0 Å². The Labute approximate surface area is 148 Å². The van der Waals surface area contributed by atoms with Gasteiger partial charge in [0.15, 0.2) is 0 Å². The molecule has 1 aliphatic carbocycles. The minimum absolute atomic E-state index is 0.0882. The van der Waals surface area contributed by atoms with E-state index in [0.29, 0.717) is 19.7 Å². The molecule has 0 saturated carbocycles. The summed E-state index contributed by atoms with van der Waals surface area (Å²) in [6.45, 7) is 3.43. The van der Waals surface area contributed by atoms with E-state index in [4.69, 9.17) is 4.74 Å². The van der Waals surface area contributed by atoms with Gasteiger partial charge in [0, 0.05) is 24.8 Å². The molecule has 0 spiro atoms. The van der Waals surface area contributed by atoms with Crippen molar-refractivity contribution < 1.29 is 14.3 Å². The first-order valence-electron chi connectivity index (χ1n) is 9.27. The third kappa shape index (κ3) is 4.44. The van der Waals surface area contributed by atoms with Gasteiger partial charge in [-0.25, -0.2) is 9.59 Å². The molecule has 1 aromatic carbocycles. The van der Waals surface area contributed by atoms with E-state index < -0.39 is 0 Å². The number of aryl methyl sites for hydroxylation is 1. The van der Waals surface area contributed by atoms with Gasteiger partial charge in [-0.1, -0.05) is 12.1 Å². The van der Waals surface area contributed by atoms with Crippen LogP contribution in [-0.2, 0) is 17.6 Å². The van der Waals surface area contributed by atoms with E-state index in [-0.39, 0.29) is 18.2 Å². The number of hydrogen-bond donors (Lipinski definition) is 2. The van der Waals surface area contributed by atoms with Crippen molar-refractivity contribution in [1.82, 2.24) is 10.2 Å². The second-order valence-electron chi connectivity index (χ2n) is 6.71. The second kappa shape index (κ2) is 8.23. The standard InChI is InChI=1S/C19H27N3O3/c1-2-25-19(24)22-12-10-15(11-13-22)20-18(23)21-17-9-5-7-14-6-3-4-8-16(14)17/h5,7,9,15H,2-4,6,8,10-13H2,1H3,(H2,20,21,23). The molecule has 0 bridgehead atoms. The number of carbonyl (C=O) groups excluding carboxylic acids is 2. The Bertz CT molecular complexity index is 624. The van der Waals surface area contributed by atoms with Gasteiger partial charge in [0.1, 0.15) is 0 Å². The fourth-order valence-corrected chi connectivity index (χ4v) is 3.66. The van der Waals surface area contributed by atoms with Crippen LogP contribution >= 0.6 is 0 Å². The van der Waals surface area contributed by atoms with Crippen LogP contribution in [0.1, 0.15) is 43.7 Å². The van der Waals surface area contributed by atoms with Crippen LogP contribution < -0.4 is 10.6 Å². The highest BCUT2D eigenvalue weighted by atomic mass is 16.6. The molecule has 3 rings (SSSR count). The highest BCUT2D eigenvalue weighted by Crippen LogP contribution is 2.27. The number of likely N-dealkylation sites (tertiary alicyclic amines) is 1. The van der Waals surface area contributed by atoms with Gasteiger partial charge in [-0.3, -0.25) is 0 Å². The molecule has 2 N–H and O–H groups in total. The Morgan fingerprint density at radius 3 is 2.72 bits per heavy atom. The molecule has 2 aliphatic rings. The number of hydrogen-bond acceptors (Lipinski definition) is 3. The number of ether oxygens (including phenoxy) is 1. The van der Waals surface area contributed by atoms with Crippen LogP contribution in [0.3, 0.4) is 0 Å². The Balaban J connectivity index is 1.50. The molecule has 1 fully saturated rings. The number of carbonyl (C=O) groups is 2. The monoisotopic (exact) mass is 345 g/mol. The molecular weight excluding hydrogens is 318 g/mol. The largest absolute Gasteiger partial charge is 0.450 e. The highest BCUT2D eigenvalue weighted by Gasteiger charge is 2.24. The first-order valence-corrected chi connectivity index (χ1v) is 9.27. The van der Waals surface area contributed by atoms with Crippen molar-refractivity contribution in [3.63, 3.8) is 0 Å². The molecule has 136 valence electrons. The maximum Gasteiger partial charge on any atom is 0.409 e. The normalized spacial score (nSPS) is 17.6. The molecule has 0 atom stereocenters. The quantitative estimate of drug-likeness (QED) is 0.883. The Hall–Kier alpha value is -2.24. The lowest BCUT2D eigenvalue weighted by Crippen LogP contribution is -2.47. The lowest BCUT2D eigenvalue weighted by molar-refractivity contribution is 0.0959. The average molecular weight is 345 g/mol. The SMILES string of the molecule is CCOC(=O)N1CCC(NC(=O)Nc2cccc3c2CCCC3)CC1. The topological polar surface area (TPSA) is 70.7 Å². The number of amides is 3. The van der Waals surface area contributed by atoms with Crippen LogP contribution in [0.15, 0.2) is 18.2 Å². The van der Waals surface area contributed by atoms with Crippen LogP contribution in [0.4, 0.5) is 15.3 Å². The summed E-state index contributed by atoms with van der Waals surface area (Å²) in [6.07, 6.45) is 5.77. The molecule has 1 aromatic rings. The maximum atomic E-state index is 12.4. The van der Waals surface area contributed by atoms with E-state index in [0.717, 1.165) is 31.4 Å². The third-order valence-electron chi connectivity index (χ3n) is 5.00. The van der Waals surface area contributed by atoms with Gasteiger partial charge < -0.3 is 20.3 Å². The van der Waals surface area contributed by atoms with Crippen molar-refractivity contribution in [3.05, 3.63) is 29.3 Å². The number of anilines is 1. The van der Waals surface area contributed by atoms with Crippen LogP contribution in [-0.4, -0.2) is 42.8 Å². The second-order valence-corrected chi connectivity index (χ2v) is 6.71. The Morgan fingerprint density at radius 2 is 1.96 bits per heavy atom. The number of piperidine rings is 1. The van der Waals surface area contributed by atoms with Gasteiger partial charge in [-0.05, 0) is 62.6 Å². The predicted octanol–water partition coefficient (Wildman–Crippen LogP) is 3.31. The Morgan fingerprint density at radius 1 is 1.20 bits per heavy atom. The fraction of sp³-hybridized carbons (Fsp3) is 0.579. The Kier molecular flexibility index (Phi) is 5.79. The first-order chi connectivity index (χ1) is 12.2. The number of benzene rings is 1. The molecule has 6 nitrogen and oxygen atoms in total. The molecule has 3 amide bonds. The van der Waals surface area contributed by atoms with E-state index in [1.54, 1.807) is 11.8 Å². The van der Waals surface area contributed by atoms with Gasteiger partial charge in [0.25, 0.3) is 0 Å². The number of nitrogens with zero attached hydrogens (tertiary/aromatic N) is 1. The van der Waals surface area contributed by atoms with E-state index in [1.807, 2.05) is 12.1 Å². The van der Waals surface area contributed by atoms with Crippen molar-refractivity contribution in [1.29, 1.82) is 0 Å². The molecule has 0 unspecified atom stereocenters. The van der Waals surface area contributed by atoms with Crippen molar-refractivity contribution in [3.8, 4) is 0 Å². The first kappa shape index (κ1) is 17.6. The number of urea groups is 1. The molecule has 1 heterocycles. The smallest absolute Gasteiger partial charge is 0.409 e. The molecule has 6 heteroatoms. The maximum absolute atomic E-state index is 12.4. The summed E-state index contributed by atoms with van der Waals surface area (Å²) in [6, 6.07) is 6.08. The lowest BCUT2D eigenvalue weighted by Gasteiger charge is -2.31. The molecule has 1 aliphatic heterocycles. The molecular formula is C19H27N3O3. The van der Waals surface area contributed by atoms with Crippen LogP contribution in [0.5, 0.6) is 0 Å². The van der Waals surface area contributed by atoms with Crippen molar-refractivity contribution >= 4 is 17.8 Å². The molecule has 1 saturated heterocycles. The van der Waals surface area contributed by atoms with Crippen molar-refractivity contribution in [2.75, 3.05) is 25.0 Å². The van der Waals surface area contributed by atoms with Gasteiger partial charge in [-0.2, -0.15) is 0 Å². The summed E-state index contributed by atoms with van der Waals surface area (Å²) in [7, 11) is 0. The molecule has 0 aromatic heterocycles. The van der Waals surface area contributed by atoms with E-state index in [1.165, 1.54) is 24.0 Å². The number of nitrogens with one attached hydrogen (secondary N) is 2. The van der Waals surface area contributed by atoms with Gasteiger partial charge >= 0.3 is 12.1 Å². The highest BCUT2D eigenvalue weighted by molar-refractivity contribution is 5.90. The zero-order valence-electron chi connectivity index (χ0n) is 14.8. The molecule has 25 heavy (non-hydrogen) atoms. The zero-order chi connectivity index (χ0) is 17.6. The summed E-state index contributed by atoms with van der Waals surface area (Å²) < 4.78 is 5.02. The third-order valence-corrected chi connectivity index (χ3v) is 5.00. The number of fused-ring (bicyclic) bond motifs is 1. The zero-order valence-corrected chi connectivity index (χ0v) is 14.8. The number of rotatable bonds is 3. The fourth-order valence-electron chi connectivity index (χ4n) is 3.66. The van der Waals surface area contributed by atoms with Crippen molar-refractivity contribution in [2.45, 2.75) is 51.5 Å². The molecule has 0 radical (unpaired) electrons. The summed E-state index contributed by atoms with van der Waals surface area (Å²) >= 11 is 0. The summed E-state index contributed by atoms with van der Waals surface area (Å²) in [4.78, 5) is 25.8. The summed E-state index contributed by atoms with van der Waals surface area (Å²) in [5.74, 6) is 0. The van der Waals surface area contributed by atoms with Crippen LogP contribution in [0, 0.1) is 0 Å².